The monoisotopic (exact) mass is 460 g/mol. The molecule has 0 N–H and O–H groups in total. The van der Waals surface area contributed by atoms with Gasteiger partial charge in [0.1, 0.15) is 0 Å². The molecule has 0 radical (unpaired) electrons. The Morgan fingerprint density at radius 2 is 0.917 bits per heavy atom. The fourth-order valence-electron chi connectivity index (χ4n) is 3.28. The molecule has 4 heteroatoms. The van der Waals surface area contributed by atoms with E-state index in [9.17, 15) is 0 Å². The van der Waals surface area contributed by atoms with E-state index in [1.54, 1.807) is 33.4 Å². The first-order valence-electron chi connectivity index (χ1n) is 8.69. The maximum atomic E-state index is 5.43. The molecular formula is C20H32Cl2SiZr. The largest absolute Gasteiger partial charge is 0.245 e. The van der Waals surface area contributed by atoms with Crippen LogP contribution in [0.3, 0.4) is 0 Å². The molecule has 0 amide bonds. The van der Waals surface area contributed by atoms with Crippen LogP contribution >= 0.6 is 22.2 Å². The molecule has 0 fully saturated rings. The van der Waals surface area contributed by atoms with Gasteiger partial charge in [0.05, 0.1) is 0 Å². The Balaban J connectivity index is 0.000000505. The standard InChI is InChI=1S/2C9H13.C2H6Cl2Si.Zr/c2*1-6-5-7(2)9(4)8(6)3;1-5(2,3)4;/h2*6H,1-4H3;1-2H3;. The van der Waals surface area contributed by atoms with Crippen molar-refractivity contribution in [3.8, 4) is 0 Å². The summed E-state index contributed by atoms with van der Waals surface area (Å²) in [6, 6.07) is 0. The Morgan fingerprint density at radius 3 is 1.08 bits per heavy atom. The van der Waals surface area contributed by atoms with Gasteiger partial charge in [-0.2, -0.15) is 0 Å². The average molecular weight is 463 g/mol. The second-order valence-electron chi connectivity index (χ2n) is 7.59. The molecule has 0 aromatic rings. The molecule has 2 atom stereocenters. The molecular weight excluding hydrogens is 430 g/mol. The zero-order valence-corrected chi connectivity index (χ0v) is 21.9. The molecule has 2 rings (SSSR count). The molecule has 134 valence electrons. The second-order valence-corrected chi connectivity index (χ2v) is 19.8. The van der Waals surface area contributed by atoms with E-state index >= 15 is 0 Å². The van der Waals surface area contributed by atoms with Crippen molar-refractivity contribution in [3.63, 3.8) is 0 Å². The number of rotatable bonds is 2. The SMILES string of the molecule is CC1=C(C)C(C)[C]([Zr][C]2=C(C)C(C)=C(C)C2C)=C1C.C[Si](C)(Cl)Cl. The first kappa shape index (κ1) is 22.7. The van der Waals surface area contributed by atoms with E-state index in [0.717, 1.165) is 0 Å². The normalized spacial score (nSPS) is 24.8. The third kappa shape index (κ3) is 5.32. The van der Waals surface area contributed by atoms with Crippen molar-refractivity contribution < 1.29 is 23.2 Å². The van der Waals surface area contributed by atoms with E-state index in [0.29, 0.717) is 11.8 Å². The summed E-state index contributed by atoms with van der Waals surface area (Å²) in [5.74, 6) is 1.42. The number of halogens is 2. The molecule has 0 aromatic heterocycles. The van der Waals surface area contributed by atoms with Crippen LogP contribution < -0.4 is 0 Å². The molecule has 2 unspecified atom stereocenters. The van der Waals surface area contributed by atoms with E-state index in [4.69, 9.17) is 22.2 Å². The van der Waals surface area contributed by atoms with Crippen LogP contribution in [0.15, 0.2) is 40.0 Å². The summed E-state index contributed by atoms with van der Waals surface area (Å²) in [6.45, 7) is 20.8. The maximum Gasteiger partial charge on any atom is 0.245 e. The quantitative estimate of drug-likeness (QED) is 0.291. The molecule has 0 spiro atoms. The van der Waals surface area contributed by atoms with Crippen molar-refractivity contribution in [2.24, 2.45) is 11.8 Å². The molecule has 0 nitrogen and oxygen atoms in total. The molecule has 0 saturated carbocycles. The Labute approximate surface area is 171 Å². The summed E-state index contributed by atoms with van der Waals surface area (Å²) in [7, 11) is 0. The van der Waals surface area contributed by atoms with Gasteiger partial charge in [-0.15, -0.1) is 22.2 Å². The number of allylic oxidation sites excluding steroid dienone is 8. The molecule has 0 heterocycles. The second kappa shape index (κ2) is 8.55. The van der Waals surface area contributed by atoms with Crippen LogP contribution in [0.2, 0.25) is 13.1 Å². The van der Waals surface area contributed by atoms with Crippen molar-refractivity contribution in [1.29, 1.82) is 0 Å². The summed E-state index contributed by atoms with van der Waals surface area (Å²) in [5, 5.41) is 0. The van der Waals surface area contributed by atoms with Crippen molar-refractivity contribution >= 4 is 28.9 Å². The zero-order chi connectivity index (χ0) is 19.0. The minimum Gasteiger partial charge on any atom is -0.146 e. The molecule has 2 aliphatic rings. The predicted octanol–water partition coefficient (Wildman–Crippen LogP) is 7.75. The van der Waals surface area contributed by atoms with Gasteiger partial charge >= 0.3 is 130 Å². The summed E-state index contributed by atoms with van der Waals surface area (Å²) < 4.78 is 3.64. The predicted molar refractivity (Wildman–Crippen MR) is 110 cm³/mol. The van der Waals surface area contributed by atoms with Crippen molar-refractivity contribution in [1.82, 2.24) is 0 Å². The minimum absolute atomic E-state index is 0.601. The van der Waals surface area contributed by atoms with E-state index in [1.807, 2.05) is 19.7 Å². The molecule has 0 aromatic carbocycles. The van der Waals surface area contributed by atoms with Gasteiger partial charge in [-0.25, -0.2) is 0 Å². The first-order chi connectivity index (χ1) is 10.8. The van der Waals surface area contributed by atoms with Gasteiger partial charge in [0.15, 0.2) is 0 Å². The number of hydrogen-bond donors (Lipinski definition) is 0. The van der Waals surface area contributed by atoms with E-state index < -0.39 is 29.9 Å². The molecule has 0 aliphatic heterocycles. The van der Waals surface area contributed by atoms with Gasteiger partial charge < -0.3 is 0 Å². The van der Waals surface area contributed by atoms with Crippen LogP contribution in [0.4, 0.5) is 0 Å². The average Bonchev–Trinajstić information content (AvgIpc) is 2.75. The fourth-order valence-corrected chi connectivity index (χ4v) is 7.96. The summed E-state index contributed by atoms with van der Waals surface area (Å²) in [5.41, 5.74) is 9.58. The Hall–Kier alpha value is 0.640. The van der Waals surface area contributed by atoms with Gasteiger partial charge in [0.2, 0.25) is 6.69 Å². The van der Waals surface area contributed by atoms with Crippen LogP contribution in [0.25, 0.3) is 0 Å². The maximum absolute atomic E-state index is 5.43. The van der Waals surface area contributed by atoms with E-state index in [-0.39, 0.29) is 0 Å². The van der Waals surface area contributed by atoms with Crippen LogP contribution in [-0.4, -0.2) is 6.69 Å². The van der Waals surface area contributed by atoms with Crippen molar-refractivity contribution in [3.05, 3.63) is 40.0 Å². The van der Waals surface area contributed by atoms with Gasteiger partial charge in [0.25, 0.3) is 0 Å². The van der Waals surface area contributed by atoms with E-state index in [1.165, 1.54) is 0 Å². The summed E-state index contributed by atoms with van der Waals surface area (Å²) in [6.07, 6.45) is 0. The smallest absolute Gasteiger partial charge is 0.146 e. The Bertz CT molecular complexity index is 589. The fraction of sp³-hybridized carbons (Fsp3) is 0.600. The molecule has 0 bridgehead atoms. The molecule has 2 aliphatic carbocycles. The zero-order valence-electron chi connectivity index (χ0n) is 16.9. The van der Waals surface area contributed by atoms with Gasteiger partial charge in [-0.3, -0.25) is 0 Å². The minimum atomic E-state index is -1.67. The summed E-state index contributed by atoms with van der Waals surface area (Å²) in [4.78, 5) is 0. The van der Waals surface area contributed by atoms with Crippen molar-refractivity contribution in [2.75, 3.05) is 0 Å². The molecule has 24 heavy (non-hydrogen) atoms. The summed E-state index contributed by atoms with van der Waals surface area (Å²) >= 11 is 10.3. The van der Waals surface area contributed by atoms with Crippen LogP contribution in [0.1, 0.15) is 55.4 Å². The van der Waals surface area contributed by atoms with Crippen LogP contribution in [0, 0.1) is 11.8 Å². The third-order valence-corrected chi connectivity index (χ3v) is 10.8. The van der Waals surface area contributed by atoms with Crippen LogP contribution in [-0.2, 0) is 23.2 Å². The van der Waals surface area contributed by atoms with Gasteiger partial charge in [-0.1, -0.05) is 0 Å². The Kier molecular flexibility index (Phi) is 8.08. The Morgan fingerprint density at radius 1 is 0.667 bits per heavy atom. The topological polar surface area (TPSA) is 0 Å². The number of hydrogen-bond acceptors (Lipinski definition) is 0. The third-order valence-electron chi connectivity index (χ3n) is 5.55. The van der Waals surface area contributed by atoms with Crippen LogP contribution in [0.5, 0.6) is 0 Å². The van der Waals surface area contributed by atoms with Crippen molar-refractivity contribution in [2.45, 2.75) is 68.5 Å². The first-order valence-corrected chi connectivity index (χ1v) is 16.2. The molecule has 0 saturated heterocycles. The van der Waals surface area contributed by atoms with Gasteiger partial charge in [-0.05, 0) is 13.1 Å². The van der Waals surface area contributed by atoms with E-state index in [2.05, 4.69) is 55.4 Å². The van der Waals surface area contributed by atoms with Gasteiger partial charge in [0, 0.05) is 0 Å².